The molecule has 6 heteroatoms. The second-order valence-corrected chi connectivity index (χ2v) is 8.21. The summed E-state index contributed by atoms with van der Waals surface area (Å²) in [4.78, 5) is 0.238. The first-order chi connectivity index (χ1) is 9.77. The molecule has 118 valence electrons. The van der Waals surface area contributed by atoms with Crippen LogP contribution in [0.4, 0.5) is 0 Å². The van der Waals surface area contributed by atoms with Gasteiger partial charge >= 0.3 is 0 Å². The maximum absolute atomic E-state index is 12.7. The smallest absolute Gasteiger partial charge is 0.241 e. The van der Waals surface area contributed by atoms with Gasteiger partial charge in [0.05, 0.1) is 4.90 Å². The second-order valence-electron chi connectivity index (χ2n) is 6.12. The Hall–Kier alpha value is -0.620. The SMILES string of the molecule is Cc1c(CN)cc(Cl)cc1S(=O)(=O)NC1(C)CCCCC1. The molecular formula is C15H23ClN2O2S. The summed E-state index contributed by atoms with van der Waals surface area (Å²) < 4.78 is 28.4. The monoisotopic (exact) mass is 330 g/mol. The number of halogens is 1. The Morgan fingerprint density at radius 1 is 1.29 bits per heavy atom. The van der Waals surface area contributed by atoms with E-state index in [1.807, 2.05) is 6.92 Å². The van der Waals surface area contributed by atoms with Crippen molar-refractivity contribution in [3.05, 3.63) is 28.3 Å². The normalized spacial score (nSPS) is 18.7. The molecular weight excluding hydrogens is 308 g/mol. The molecule has 0 spiro atoms. The van der Waals surface area contributed by atoms with Gasteiger partial charge < -0.3 is 5.73 Å². The van der Waals surface area contributed by atoms with Gasteiger partial charge in [-0.05, 0) is 49.9 Å². The summed E-state index contributed by atoms with van der Waals surface area (Å²) >= 11 is 6.04. The fraction of sp³-hybridized carbons (Fsp3) is 0.600. The quantitative estimate of drug-likeness (QED) is 0.891. The van der Waals surface area contributed by atoms with Crippen molar-refractivity contribution in [1.82, 2.24) is 4.72 Å². The molecule has 1 aromatic carbocycles. The van der Waals surface area contributed by atoms with Crippen LogP contribution >= 0.6 is 11.6 Å². The Morgan fingerprint density at radius 3 is 2.48 bits per heavy atom. The Kier molecular flexibility index (Phi) is 4.98. The van der Waals surface area contributed by atoms with Crippen LogP contribution in [0.15, 0.2) is 17.0 Å². The van der Waals surface area contributed by atoms with Crippen LogP contribution in [0.1, 0.15) is 50.2 Å². The zero-order chi connectivity index (χ0) is 15.7. The van der Waals surface area contributed by atoms with Gasteiger partial charge in [-0.1, -0.05) is 30.9 Å². The van der Waals surface area contributed by atoms with Gasteiger partial charge in [0.1, 0.15) is 0 Å². The Bertz CT molecular complexity index is 623. The van der Waals surface area contributed by atoms with Crippen LogP contribution in [0, 0.1) is 6.92 Å². The van der Waals surface area contributed by atoms with E-state index in [4.69, 9.17) is 17.3 Å². The minimum Gasteiger partial charge on any atom is -0.326 e. The minimum absolute atomic E-state index is 0.238. The molecule has 0 heterocycles. The number of nitrogens with two attached hydrogens (primary N) is 1. The van der Waals surface area contributed by atoms with Crippen molar-refractivity contribution in [1.29, 1.82) is 0 Å². The zero-order valence-electron chi connectivity index (χ0n) is 12.6. The predicted molar refractivity (Wildman–Crippen MR) is 85.9 cm³/mol. The third kappa shape index (κ3) is 3.77. The zero-order valence-corrected chi connectivity index (χ0v) is 14.1. The van der Waals surface area contributed by atoms with Gasteiger partial charge in [0.15, 0.2) is 0 Å². The molecule has 1 aliphatic carbocycles. The van der Waals surface area contributed by atoms with E-state index in [-0.39, 0.29) is 17.0 Å². The van der Waals surface area contributed by atoms with Gasteiger partial charge in [0.25, 0.3) is 0 Å². The van der Waals surface area contributed by atoms with Crippen LogP contribution in [0.25, 0.3) is 0 Å². The van der Waals surface area contributed by atoms with Crippen LogP contribution in [0.5, 0.6) is 0 Å². The van der Waals surface area contributed by atoms with Crippen molar-refractivity contribution in [3.8, 4) is 0 Å². The molecule has 4 nitrogen and oxygen atoms in total. The van der Waals surface area contributed by atoms with Crippen LogP contribution in [0.2, 0.25) is 5.02 Å². The van der Waals surface area contributed by atoms with Crippen LogP contribution in [-0.2, 0) is 16.6 Å². The molecule has 0 aliphatic heterocycles. The topological polar surface area (TPSA) is 72.2 Å². The fourth-order valence-electron chi connectivity index (χ4n) is 3.01. The molecule has 0 radical (unpaired) electrons. The lowest BCUT2D eigenvalue weighted by molar-refractivity contribution is 0.294. The maximum Gasteiger partial charge on any atom is 0.241 e. The van der Waals surface area contributed by atoms with E-state index in [1.165, 1.54) is 12.5 Å². The third-order valence-corrected chi connectivity index (χ3v) is 6.26. The van der Waals surface area contributed by atoms with Gasteiger partial charge in [-0.2, -0.15) is 0 Å². The van der Waals surface area contributed by atoms with Crippen molar-refractivity contribution < 1.29 is 8.42 Å². The van der Waals surface area contributed by atoms with E-state index in [9.17, 15) is 8.42 Å². The summed E-state index contributed by atoms with van der Waals surface area (Å²) in [5, 5.41) is 0.398. The number of hydrogen-bond acceptors (Lipinski definition) is 3. The van der Waals surface area contributed by atoms with E-state index in [2.05, 4.69) is 4.72 Å². The number of sulfonamides is 1. The molecule has 2 rings (SSSR count). The third-order valence-electron chi connectivity index (χ3n) is 4.28. The first-order valence-electron chi connectivity index (χ1n) is 7.30. The fourth-order valence-corrected chi connectivity index (χ4v) is 5.10. The average Bonchev–Trinajstić information content (AvgIpc) is 2.40. The number of benzene rings is 1. The molecule has 1 fully saturated rings. The number of hydrogen-bond donors (Lipinski definition) is 2. The highest BCUT2D eigenvalue weighted by Crippen LogP contribution is 2.31. The van der Waals surface area contributed by atoms with Gasteiger partial charge in [-0.25, -0.2) is 13.1 Å². The molecule has 0 aromatic heterocycles. The summed E-state index contributed by atoms with van der Waals surface area (Å²) in [5.41, 5.74) is 6.74. The molecule has 0 unspecified atom stereocenters. The lowest BCUT2D eigenvalue weighted by Crippen LogP contribution is -2.47. The molecule has 1 aliphatic rings. The van der Waals surface area contributed by atoms with Crippen LogP contribution in [-0.4, -0.2) is 14.0 Å². The predicted octanol–water partition coefficient (Wildman–Crippen LogP) is 3.11. The van der Waals surface area contributed by atoms with Gasteiger partial charge in [-0.3, -0.25) is 0 Å². The first-order valence-corrected chi connectivity index (χ1v) is 9.17. The van der Waals surface area contributed by atoms with Crippen molar-refractivity contribution in [2.75, 3.05) is 0 Å². The second kappa shape index (κ2) is 6.24. The molecule has 1 aromatic rings. The molecule has 0 atom stereocenters. The number of nitrogens with one attached hydrogen (secondary N) is 1. The van der Waals surface area contributed by atoms with E-state index < -0.39 is 10.0 Å². The Labute approximate surface area is 132 Å². The van der Waals surface area contributed by atoms with Gasteiger partial charge in [0.2, 0.25) is 10.0 Å². The molecule has 0 bridgehead atoms. The molecule has 0 saturated heterocycles. The van der Waals surface area contributed by atoms with E-state index in [0.717, 1.165) is 31.2 Å². The van der Waals surface area contributed by atoms with E-state index in [1.54, 1.807) is 13.0 Å². The average molecular weight is 331 g/mol. The van der Waals surface area contributed by atoms with Crippen molar-refractivity contribution in [2.45, 2.75) is 62.9 Å². The van der Waals surface area contributed by atoms with Crippen LogP contribution < -0.4 is 10.5 Å². The molecule has 0 amide bonds. The standard InChI is InChI=1S/C15H23ClN2O2S/c1-11-12(10-17)8-13(16)9-14(11)21(19,20)18-15(2)6-4-3-5-7-15/h8-9,18H,3-7,10,17H2,1-2H3. The summed E-state index contributed by atoms with van der Waals surface area (Å²) in [6.07, 6.45) is 5.03. The van der Waals surface area contributed by atoms with Gasteiger partial charge in [0, 0.05) is 17.1 Å². The van der Waals surface area contributed by atoms with E-state index >= 15 is 0 Å². The summed E-state index contributed by atoms with van der Waals surface area (Å²) in [6, 6.07) is 3.23. The maximum atomic E-state index is 12.7. The molecule has 3 N–H and O–H groups in total. The highest BCUT2D eigenvalue weighted by Gasteiger charge is 2.33. The first kappa shape index (κ1) is 16.7. The van der Waals surface area contributed by atoms with Crippen LogP contribution in [0.3, 0.4) is 0 Å². The van der Waals surface area contributed by atoms with Crippen molar-refractivity contribution in [2.24, 2.45) is 5.73 Å². The summed E-state index contributed by atoms with van der Waals surface area (Å²) in [6.45, 7) is 4.02. The lowest BCUT2D eigenvalue weighted by Gasteiger charge is -2.34. The van der Waals surface area contributed by atoms with Gasteiger partial charge in [-0.15, -0.1) is 0 Å². The Morgan fingerprint density at radius 2 is 1.90 bits per heavy atom. The summed E-state index contributed by atoms with van der Waals surface area (Å²) in [5.74, 6) is 0. The lowest BCUT2D eigenvalue weighted by atomic mass is 9.84. The van der Waals surface area contributed by atoms with Crippen molar-refractivity contribution >= 4 is 21.6 Å². The minimum atomic E-state index is -3.59. The highest BCUT2D eigenvalue weighted by atomic mass is 35.5. The van der Waals surface area contributed by atoms with Crippen molar-refractivity contribution in [3.63, 3.8) is 0 Å². The molecule has 1 saturated carbocycles. The van der Waals surface area contributed by atoms with E-state index in [0.29, 0.717) is 10.6 Å². The molecule has 21 heavy (non-hydrogen) atoms. The number of rotatable bonds is 4. The highest BCUT2D eigenvalue weighted by molar-refractivity contribution is 7.89. The Balaban J connectivity index is 2.38. The largest absolute Gasteiger partial charge is 0.326 e. The summed E-state index contributed by atoms with van der Waals surface area (Å²) in [7, 11) is -3.59.